The Morgan fingerprint density at radius 2 is 1.77 bits per heavy atom. The average Bonchev–Trinajstić information content (AvgIpc) is 3.15. The third kappa shape index (κ3) is 3.64. The third-order valence-electron chi connectivity index (χ3n) is 5.01. The number of carbonyl (C=O) groups is 2. The van der Waals surface area contributed by atoms with E-state index in [4.69, 9.17) is 9.47 Å². The van der Waals surface area contributed by atoms with Crippen molar-refractivity contribution < 1.29 is 19.1 Å². The lowest BCUT2D eigenvalue weighted by Gasteiger charge is -2.08. The Hall–Kier alpha value is -3.67. The van der Waals surface area contributed by atoms with Gasteiger partial charge in [0, 0.05) is 16.3 Å². The first-order valence-electron chi connectivity index (χ1n) is 9.93. The van der Waals surface area contributed by atoms with Gasteiger partial charge in [-0.3, -0.25) is 0 Å². The van der Waals surface area contributed by atoms with Crippen LogP contribution in [0.2, 0.25) is 0 Å². The molecule has 0 amide bonds. The van der Waals surface area contributed by atoms with E-state index in [-0.39, 0.29) is 13.2 Å². The van der Waals surface area contributed by atoms with Crippen LogP contribution in [0.3, 0.4) is 0 Å². The van der Waals surface area contributed by atoms with Gasteiger partial charge in [0.25, 0.3) is 0 Å². The molecule has 152 valence electrons. The van der Waals surface area contributed by atoms with Gasteiger partial charge >= 0.3 is 11.9 Å². The van der Waals surface area contributed by atoms with Crippen molar-refractivity contribution in [3.05, 3.63) is 77.1 Å². The molecule has 6 nitrogen and oxygen atoms in total. The van der Waals surface area contributed by atoms with Gasteiger partial charge in [-0.2, -0.15) is 0 Å². The molecular formula is C24H22N2O4. The zero-order chi connectivity index (χ0) is 21.1. The largest absolute Gasteiger partial charge is 0.461 e. The molecule has 0 unspecified atom stereocenters. The molecule has 6 heteroatoms. The van der Waals surface area contributed by atoms with Gasteiger partial charge in [0.15, 0.2) is 5.69 Å². The van der Waals surface area contributed by atoms with Crippen molar-refractivity contribution in [3.8, 4) is 0 Å². The fraction of sp³-hybridized carbons (Fsp3) is 0.208. The molecule has 2 heterocycles. The predicted molar refractivity (Wildman–Crippen MR) is 114 cm³/mol. The zero-order valence-corrected chi connectivity index (χ0v) is 16.9. The summed E-state index contributed by atoms with van der Waals surface area (Å²) in [4.78, 5) is 32.6. The number of hydrogen-bond donors (Lipinski definition) is 1. The number of esters is 2. The highest BCUT2D eigenvalue weighted by atomic mass is 16.5. The van der Waals surface area contributed by atoms with E-state index in [0.29, 0.717) is 17.7 Å². The Kier molecular flexibility index (Phi) is 5.48. The Balaban J connectivity index is 1.73. The van der Waals surface area contributed by atoms with Crippen LogP contribution in [0, 0.1) is 0 Å². The summed E-state index contributed by atoms with van der Waals surface area (Å²) in [6, 6.07) is 14.9. The molecule has 2 aromatic carbocycles. The maximum atomic E-state index is 12.6. The van der Waals surface area contributed by atoms with E-state index in [2.05, 4.69) is 9.97 Å². The average molecular weight is 402 g/mol. The summed E-state index contributed by atoms with van der Waals surface area (Å²) >= 11 is 0. The molecule has 0 saturated carbocycles. The number of hydrogen-bond acceptors (Lipinski definition) is 5. The number of H-pyrrole nitrogens is 1. The molecule has 0 aliphatic rings. The van der Waals surface area contributed by atoms with Gasteiger partial charge in [0.1, 0.15) is 6.61 Å². The molecule has 0 fully saturated rings. The highest BCUT2D eigenvalue weighted by Gasteiger charge is 2.20. The molecule has 4 rings (SSSR count). The van der Waals surface area contributed by atoms with E-state index < -0.39 is 11.9 Å². The maximum absolute atomic E-state index is 12.6. The van der Waals surface area contributed by atoms with Crippen LogP contribution in [0.25, 0.3) is 21.8 Å². The van der Waals surface area contributed by atoms with Crippen LogP contribution >= 0.6 is 0 Å². The summed E-state index contributed by atoms with van der Waals surface area (Å²) in [6.45, 7) is 4.23. The summed E-state index contributed by atoms with van der Waals surface area (Å²) in [6.07, 6.45) is 2.24. The van der Waals surface area contributed by atoms with Gasteiger partial charge in [-0.15, -0.1) is 0 Å². The number of aromatic amines is 1. The fourth-order valence-corrected chi connectivity index (χ4v) is 3.61. The lowest BCUT2D eigenvalue weighted by molar-refractivity contribution is 0.0471. The van der Waals surface area contributed by atoms with Crippen LogP contribution in [0.4, 0.5) is 0 Å². The highest BCUT2D eigenvalue weighted by molar-refractivity contribution is 6.12. The first-order chi connectivity index (χ1) is 14.6. The van der Waals surface area contributed by atoms with Crippen molar-refractivity contribution in [2.75, 3.05) is 6.61 Å². The number of benzene rings is 2. The molecule has 30 heavy (non-hydrogen) atoms. The Morgan fingerprint density at radius 1 is 0.967 bits per heavy atom. The number of pyridine rings is 1. The molecule has 0 atom stereocenters. The molecule has 0 radical (unpaired) electrons. The molecule has 0 aliphatic heterocycles. The third-order valence-corrected chi connectivity index (χ3v) is 5.01. The van der Waals surface area contributed by atoms with Gasteiger partial charge < -0.3 is 14.5 Å². The van der Waals surface area contributed by atoms with E-state index in [9.17, 15) is 9.59 Å². The molecule has 2 aromatic heterocycles. The van der Waals surface area contributed by atoms with Gasteiger partial charge in [0.2, 0.25) is 0 Å². The topological polar surface area (TPSA) is 81.3 Å². The number of fused-ring (bicyclic) bond motifs is 3. The molecule has 4 aromatic rings. The van der Waals surface area contributed by atoms with Crippen LogP contribution in [-0.2, 0) is 22.5 Å². The van der Waals surface area contributed by atoms with E-state index >= 15 is 0 Å². The molecule has 0 aliphatic carbocycles. The highest BCUT2D eigenvalue weighted by Crippen LogP contribution is 2.31. The summed E-state index contributed by atoms with van der Waals surface area (Å²) in [7, 11) is 0. The Morgan fingerprint density at radius 3 is 2.50 bits per heavy atom. The fourth-order valence-electron chi connectivity index (χ4n) is 3.61. The van der Waals surface area contributed by atoms with Crippen molar-refractivity contribution in [3.63, 3.8) is 0 Å². The smallest absolute Gasteiger partial charge is 0.357 e. The number of nitrogens with one attached hydrogen (secondary N) is 1. The van der Waals surface area contributed by atoms with E-state index in [0.717, 1.165) is 32.9 Å². The van der Waals surface area contributed by atoms with Crippen LogP contribution in [-0.4, -0.2) is 28.5 Å². The summed E-state index contributed by atoms with van der Waals surface area (Å²) in [5, 5.41) is 1.73. The molecular weight excluding hydrogens is 380 g/mol. The minimum absolute atomic E-state index is 0.211. The quantitative estimate of drug-likeness (QED) is 0.468. The SMILES string of the molecule is CCOC(=O)c1ncc2[nH]c3ccc(C(=O)OCc4ccccc4)cc3c2c1CC. The number of rotatable bonds is 6. The second-order valence-electron chi connectivity index (χ2n) is 6.90. The van der Waals surface area contributed by atoms with Crippen molar-refractivity contribution in [2.24, 2.45) is 0 Å². The monoisotopic (exact) mass is 402 g/mol. The normalized spacial score (nSPS) is 11.0. The molecule has 0 bridgehead atoms. The minimum atomic E-state index is -0.441. The second-order valence-corrected chi connectivity index (χ2v) is 6.90. The molecule has 0 saturated heterocycles. The number of ether oxygens (including phenoxy) is 2. The lowest BCUT2D eigenvalue weighted by atomic mass is 10.0. The molecule has 0 spiro atoms. The van der Waals surface area contributed by atoms with Gasteiger partial charge in [0.05, 0.1) is 23.9 Å². The van der Waals surface area contributed by atoms with Crippen molar-refractivity contribution >= 4 is 33.7 Å². The van der Waals surface area contributed by atoms with E-state index in [1.54, 1.807) is 25.3 Å². The minimum Gasteiger partial charge on any atom is -0.461 e. The molecule has 1 N–H and O–H groups in total. The number of aryl methyl sites for hydroxylation is 1. The van der Waals surface area contributed by atoms with Crippen LogP contribution in [0.1, 0.15) is 45.8 Å². The number of aromatic nitrogens is 2. The summed E-state index contributed by atoms with van der Waals surface area (Å²) < 4.78 is 10.6. The summed E-state index contributed by atoms with van der Waals surface area (Å²) in [5.41, 5.74) is 4.16. The van der Waals surface area contributed by atoms with Crippen molar-refractivity contribution in [2.45, 2.75) is 26.9 Å². The van der Waals surface area contributed by atoms with Crippen molar-refractivity contribution in [1.82, 2.24) is 9.97 Å². The van der Waals surface area contributed by atoms with E-state index in [1.165, 1.54) is 0 Å². The van der Waals surface area contributed by atoms with E-state index in [1.807, 2.05) is 43.3 Å². The van der Waals surface area contributed by atoms with Crippen LogP contribution in [0.15, 0.2) is 54.7 Å². The van der Waals surface area contributed by atoms with Gasteiger partial charge in [-0.1, -0.05) is 37.3 Å². The van der Waals surface area contributed by atoms with Gasteiger partial charge in [-0.25, -0.2) is 14.6 Å². The van der Waals surface area contributed by atoms with Gasteiger partial charge in [-0.05, 0) is 42.7 Å². The predicted octanol–water partition coefficient (Wildman–Crippen LogP) is 4.81. The van der Waals surface area contributed by atoms with Crippen molar-refractivity contribution in [1.29, 1.82) is 0 Å². The van der Waals surface area contributed by atoms with Crippen LogP contribution in [0.5, 0.6) is 0 Å². The first kappa shape index (κ1) is 19.6. The Bertz CT molecular complexity index is 1230. The zero-order valence-electron chi connectivity index (χ0n) is 16.9. The second kappa shape index (κ2) is 8.37. The maximum Gasteiger partial charge on any atom is 0.357 e. The Labute approximate surface area is 173 Å². The number of carbonyl (C=O) groups excluding carboxylic acids is 2. The number of nitrogens with zero attached hydrogens (tertiary/aromatic N) is 1. The van der Waals surface area contributed by atoms with Crippen LogP contribution < -0.4 is 0 Å². The lowest BCUT2D eigenvalue weighted by Crippen LogP contribution is -2.10. The summed E-state index contributed by atoms with van der Waals surface area (Å²) in [5.74, 6) is -0.836. The standard InChI is InChI=1S/C24H22N2O4/c1-3-17-21-18-12-16(23(27)30-14-15-8-6-5-7-9-15)10-11-19(18)26-20(21)13-25-22(17)24(28)29-4-2/h5-13,26H,3-4,14H2,1-2H3. The first-order valence-corrected chi connectivity index (χ1v) is 9.93.